The Bertz CT molecular complexity index is 1540. The van der Waals surface area contributed by atoms with Crippen molar-refractivity contribution in [3.8, 4) is 28.4 Å². The molecule has 3 heterocycles. The smallest absolute Gasteiger partial charge is 0.490 e. The van der Waals surface area contributed by atoms with Crippen LogP contribution >= 0.6 is 0 Å². The number of nitrogens with one attached hydrogen (secondary N) is 1. The zero-order chi connectivity index (χ0) is 31.2. The summed E-state index contributed by atoms with van der Waals surface area (Å²) in [6, 6.07) is 11.3. The number of nitrogens with zero attached hydrogens (tertiary/aromatic N) is 3. The second-order valence-corrected chi connectivity index (χ2v) is 8.00. The topological polar surface area (TPSA) is 183 Å². The molecule has 0 radical (unpaired) electrons. The Kier molecular flexibility index (Phi) is 9.28. The van der Waals surface area contributed by atoms with Crippen LogP contribution in [-0.2, 0) is 9.59 Å². The van der Waals surface area contributed by atoms with Crippen molar-refractivity contribution in [1.82, 2.24) is 20.2 Å². The second kappa shape index (κ2) is 12.5. The van der Waals surface area contributed by atoms with Crippen LogP contribution in [0.4, 0.5) is 32.2 Å². The van der Waals surface area contributed by atoms with Gasteiger partial charge in [0.05, 0.1) is 13.3 Å². The van der Waals surface area contributed by atoms with Crippen molar-refractivity contribution >= 4 is 28.7 Å². The van der Waals surface area contributed by atoms with Crippen molar-refractivity contribution in [2.75, 3.05) is 19.5 Å². The summed E-state index contributed by atoms with van der Waals surface area (Å²) in [6.45, 7) is 0.303. The number of ether oxygens (including phenoxy) is 3. The SMILES string of the molecule is COc1cc(-c2cn[nH]c2)cc2c(N)nc(C3COc4ccccc4O3)nc12.O=C(O)C(F)(F)F.O=C(O)C(F)(F)F. The monoisotopic (exact) mass is 603 g/mol. The van der Waals surface area contributed by atoms with Gasteiger partial charge in [-0.05, 0) is 29.8 Å². The number of hydrogen-bond donors (Lipinski definition) is 4. The van der Waals surface area contributed by atoms with Gasteiger partial charge in [-0.1, -0.05) is 12.1 Å². The summed E-state index contributed by atoms with van der Waals surface area (Å²) >= 11 is 0. The molecular weight excluding hydrogens is 584 g/mol. The van der Waals surface area contributed by atoms with Crippen molar-refractivity contribution in [3.63, 3.8) is 0 Å². The first-order valence-electron chi connectivity index (χ1n) is 11.2. The number of aromatic nitrogens is 4. The highest BCUT2D eigenvalue weighted by Gasteiger charge is 2.39. The summed E-state index contributed by atoms with van der Waals surface area (Å²) in [5.41, 5.74) is 8.73. The summed E-state index contributed by atoms with van der Waals surface area (Å²) in [5.74, 6) is -2.75. The predicted octanol–water partition coefficient (Wildman–Crippen LogP) is 4.39. The number of anilines is 1. The van der Waals surface area contributed by atoms with E-state index in [0.29, 0.717) is 46.4 Å². The number of benzene rings is 2. The van der Waals surface area contributed by atoms with Gasteiger partial charge in [0, 0.05) is 17.1 Å². The molecule has 2 aromatic heterocycles. The number of carbonyl (C=O) groups is 2. The van der Waals surface area contributed by atoms with Crippen LogP contribution < -0.4 is 19.9 Å². The van der Waals surface area contributed by atoms with E-state index in [1.807, 2.05) is 36.4 Å². The third kappa shape index (κ3) is 7.67. The highest BCUT2D eigenvalue weighted by atomic mass is 19.4. The first kappa shape index (κ1) is 31.2. The van der Waals surface area contributed by atoms with Crippen LogP contribution in [-0.4, -0.2) is 68.4 Å². The zero-order valence-electron chi connectivity index (χ0n) is 21.0. The lowest BCUT2D eigenvalue weighted by Gasteiger charge is -2.25. The normalized spacial score (nSPS) is 14.1. The van der Waals surface area contributed by atoms with Crippen molar-refractivity contribution < 1.29 is 60.4 Å². The Balaban J connectivity index is 0.000000289. The van der Waals surface area contributed by atoms with Crippen LogP contribution in [0.3, 0.4) is 0 Å². The van der Waals surface area contributed by atoms with Gasteiger partial charge in [-0.15, -0.1) is 0 Å². The van der Waals surface area contributed by atoms with E-state index in [-0.39, 0.29) is 0 Å². The van der Waals surface area contributed by atoms with Crippen molar-refractivity contribution in [1.29, 1.82) is 0 Å². The second-order valence-electron chi connectivity index (χ2n) is 8.00. The van der Waals surface area contributed by atoms with E-state index in [1.165, 1.54) is 0 Å². The van der Waals surface area contributed by atoms with Crippen LogP contribution in [0.1, 0.15) is 11.9 Å². The fourth-order valence-electron chi connectivity index (χ4n) is 3.26. The van der Waals surface area contributed by atoms with Gasteiger partial charge in [0.15, 0.2) is 23.4 Å². The highest BCUT2D eigenvalue weighted by molar-refractivity contribution is 5.96. The summed E-state index contributed by atoms with van der Waals surface area (Å²) in [4.78, 5) is 27.0. The molecule has 1 unspecified atom stereocenters. The zero-order valence-corrected chi connectivity index (χ0v) is 21.0. The van der Waals surface area contributed by atoms with Gasteiger partial charge < -0.3 is 30.2 Å². The Morgan fingerprint density at radius 3 is 2.12 bits per heavy atom. The molecule has 12 nitrogen and oxygen atoms in total. The molecule has 42 heavy (non-hydrogen) atoms. The first-order valence-corrected chi connectivity index (χ1v) is 11.2. The number of hydrogen-bond acceptors (Lipinski definition) is 9. The maximum Gasteiger partial charge on any atom is 0.490 e. The Morgan fingerprint density at radius 2 is 1.60 bits per heavy atom. The van der Waals surface area contributed by atoms with Crippen LogP contribution in [0.2, 0.25) is 0 Å². The Labute approximate surface area is 230 Å². The average molecular weight is 603 g/mol. The standard InChI is InChI=1S/C20H17N5O3.2C2HF3O2/c1-26-16-7-11(12-8-22-23-9-12)6-13-18(16)24-20(25-19(13)21)17-10-27-14-4-2-3-5-15(14)28-17;2*3-2(4,5)1(6)7/h2-9,17H,10H2,1H3,(H,22,23)(H2,21,24,25);2*(H,6,7). The van der Waals surface area contributed by atoms with Crippen LogP contribution in [0.25, 0.3) is 22.0 Å². The Morgan fingerprint density at radius 1 is 1.00 bits per heavy atom. The number of carboxylic acid groups (broad SMARTS) is 2. The van der Waals surface area contributed by atoms with Gasteiger partial charge >= 0.3 is 24.3 Å². The molecule has 2 aromatic carbocycles. The largest absolute Gasteiger partial charge is 0.494 e. The van der Waals surface area contributed by atoms with E-state index in [1.54, 1.807) is 19.5 Å². The molecule has 224 valence electrons. The van der Waals surface area contributed by atoms with E-state index < -0.39 is 30.4 Å². The van der Waals surface area contributed by atoms with E-state index in [9.17, 15) is 26.3 Å². The summed E-state index contributed by atoms with van der Waals surface area (Å²) in [6.07, 6.45) is -7.09. The van der Waals surface area contributed by atoms with Gasteiger partial charge in [-0.2, -0.15) is 31.4 Å². The summed E-state index contributed by atoms with van der Waals surface area (Å²) < 4.78 is 80.8. The molecule has 0 bridgehead atoms. The molecule has 0 spiro atoms. The van der Waals surface area contributed by atoms with Crippen LogP contribution in [0, 0.1) is 0 Å². The summed E-state index contributed by atoms with van der Waals surface area (Å²) in [7, 11) is 1.60. The lowest BCUT2D eigenvalue weighted by Crippen LogP contribution is -2.24. The number of methoxy groups -OCH3 is 1. The van der Waals surface area contributed by atoms with Crippen LogP contribution in [0.5, 0.6) is 17.2 Å². The fourth-order valence-corrected chi connectivity index (χ4v) is 3.26. The molecule has 4 aromatic rings. The lowest BCUT2D eigenvalue weighted by atomic mass is 10.1. The minimum absolute atomic E-state index is 0.303. The maximum atomic E-state index is 10.6. The number of nitrogens with two attached hydrogens (primary N) is 1. The molecule has 0 fully saturated rings. The third-order valence-corrected chi connectivity index (χ3v) is 5.15. The number of H-pyrrole nitrogens is 1. The number of fused-ring (bicyclic) bond motifs is 2. The molecular formula is C24H19F6N5O7. The number of para-hydroxylation sites is 2. The van der Waals surface area contributed by atoms with E-state index in [0.717, 1.165) is 11.1 Å². The number of alkyl halides is 6. The van der Waals surface area contributed by atoms with Crippen molar-refractivity contribution in [2.45, 2.75) is 18.5 Å². The molecule has 0 aliphatic carbocycles. The molecule has 1 aliphatic rings. The van der Waals surface area contributed by atoms with Gasteiger partial charge in [-0.3, -0.25) is 5.10 Å². The van der Waals surface area contributed by atoms with Gasteiger partial charge in [0.2, 0.25) is 0 Å². The molecule has 0 saturated carbocycles. The Hall–Kier alpha value is -5.29. The van der Waals surface area contributed by atoms with Crippen molar-refractivity contribution in [3.05, 3.63) is 54.6 Å². The van der Waals surface area contributed by atoms with Crippen LogP contribution in [0.15, 0.2) is 48.8 Å². The van der Waals surface area contributed by atoms with E-state index >= 15 is 0 Å². The lowest BCUT2D eigenvalue weighted by molar-refractivity contribution is -0.193. The number of aromatic amines is 1. The predicted molar refractivity (Wildman–Crippen MR) is 131 cm³/mol. The molecule has 1 aliphatic heterocycles. The van der Waals surface area contributed by atoms with Crippen molar-refractivity contribution in [2.24, 2.45) is 0 Å². The van der Waals surface area contributed by atoms with E-state index in [2.05, 4.69) is 20.2 Å². The quantitative estimate of drug-likeness (QED) is 0.244. The highest BCUT2D eigenvalue weighted by Crippen LogP contribution is 2.38. The average Bonchev–Trinajstić information content (AvgIpc) is 3.47. The summed E-state index contributed by atoms with van der Waals surface area (Å²) in [5, 5.41) is 21.8. The minimum Gasteiger partial charge on any atom is -0.494 e. The maximum absolute atomic E-state index is 10.6. The number of rotatable bonds is 3. The number of halogens is 6. The molecule has 5 rings (SSSR count). The van der Waals surface area contributed by atoms with Gasteiger partial charge in [-0.25, -0.2) is 19.6 Å². The molecule has 0 saturated heterocycles. The molecule has 18 heteroatoms. The first-order chi connectivity index (χ1) is 19.6. The number of aliphatic carboxylic acids is 2. The van der Waals surface area contributed by atoms with Gasteiger partial charge in [0.25, 0.3) is 0 Å². The fraction of sp³-hybridized carbons (Fsp3) is 0.208. The number of nitrogen functional groups attached to an aromatic ring is 1. The molecule has 5 N–H and O–H groups in total. The van der Waals surface area contributed by atoms with E-state index in [4.69, 9.17) is 39.7 Å². The third-order valence-electron chi connectivity index (χ3n) is 5.15. The number of carboxylic acids is 2. The van der Waals surface area contributed by atoms with Gasteiger partial charge in [0.1, 0.15) is 23.7 Å². The minimum atomic E-state index is -5.08. The molecule has 1 atom stereocenters. The molecule has 0 amide bonds.